The molecule has 0 aliphatic heterocycles. The van der Waals surface area contributed by atoms with E-state index in [9.17, 15) is 4.79 Å². The molecule has 1 amide bonds. The minimum Gasteiger partial charge on any atom is -0.364 e. The molecule has 0 spiro atoms. The van der Waals surface area contributed by atoms with Crippen LogP contribution in [0.15, 0.2) is 54.9 Å². The number of hydrogen-bond donors (Lipinski definition) is 2. The maximum Gasteiger partial charge on any atom is 0.267 e. The fourth-order valence-corrected chi connectivity index (χ4v) is 2.79. The van der Waals surface area contributed by atoms with Crippen molar-refractivity contribution in [2.24, 2.45) is 5.73 Å². The highest BCUT2D eigenvalue weighted by Gasteiger charge is 2.16. The van der Waals surface area contributed by atoms with Crippen LogP contribution in [0.3, 0.4) is 0 Å². The van der Waals surface area contributed by atoms with Crippen LogP contribution in [0, 0.1) is 0 Å². The van der Waals surface area contributed by atoms with E-state index in [1.165, 1.54) is 0 Å². The Balaban J connectivity index is 2.18. The van der Waals surface area contributed by atoms with E-state index in [1.807, 2.05) is 42.5 Å². The lowest BCUT2D eigenvalue weighted by molar-refractivity contribution is 0.0997. The van der Waals surface area contributed by atoms with E-state index in [0.717, 1.165) is 32.8 Å². The molecule has 0 aliphatic carbocycles. The number of primary amides is 1. The Kier molecular flexibility index (Phi) is 2.66. The average molecular weight is 288 g/mol. The molecule has 0 aliphatic rings. The Morgan fingerprint density at radius 2 is 1.86 bits per heavy atom. The van der Waals surface area contributed by atoms with Gasteiger partial charge in [-0.15, -0.1) is 0 Å². The van der Waals surface area contributed by atoms with E-state index in [4.69, 9.17) is 5.73 Å². The second kappa shape index (κ2) is 4.66. The predicted molar refractivity (Wildman–Crippen MR) is 85.3 cm³/mol. The second-order valence-corrected chi connectivity index (χ2v) is 5.07. The van der Waals surface area contributed by atoms with Gasteiger partial charge in [-0.2, -0.15) is 5.10 Å². The first kappa shape index (κ1) is 12.5. The number of carbonyl (C=O) groups excluding carboxylic acids is 1. The lowest BCUT2D eigenvalue weighted by atomic mass is 9.96. The van der Waals surface area contributed by atoms with Crippen LogP contribution in [-0.2, 0) is 0 Å². The van der Waals surface area contributed by atoms with Gasteiger partial charge in [-0.05, 0) is 23.1 Å². The monoisotopic (exact) mass is 288 g/mol. The molecule has 4 rings (SSSR count). The topological polar surface area (TPSA) is 84.7 Å². The summed E-state index contributed by atoms with van der Waals surface area (Å²) < 4.78 is 0. The molecule has 5 heteroatoms. The van der Waals surface area contributed by atoms with Crippen molar-refractivity contribution in [2.75, 3.05) is 0 Å². The number of nitrogens with zero attached hydrogens (tertiary/aromatic N) is 2. The van der Waals surface area contributed by atoms with Crippen molar-refractivity contribution in [3.8, 4) is 11.1 Å². The number of nitrogens with two attached hydrogens (primary N) is 1. The summed E-state index contributed by atoms with van der Waals surface area (Å²) >= 11 is 0. The van der Waals surface area contributed by atoms with Crippen LogP contribution in [0.5, 0.6) is 0 Å². The maximum atomic E-state index is 11.6. The van der Waals surface area contributed by atoms with Gasteiger partial charge >= 0.3 is 0 Å². The second-order valence-electron chi connectivity index (χ2n) is 5.07. The van der Waals surface area contributed by atoms with E-state index in [0.29, 0.717) is 5.69 Å². The first-order valence-electron chi connectivity index (χ1n) is 6.86. The highest BCUT2D eigenvalue weighted by Crippen LogP contribution is 2.34. The van der Waals surface area contributed by atoms with Crippen LogP contribution < -0.4 is 5.73 Å². The van der Waals surface area contributed by atoms with Gasteiger partial charge in [0, 0.05) is 28.7 Å². The average Bonchev–Trinajstić information content (AvgIpc) is 2.99. The van der Waals surface area contributed by atoms with Crippen LogP contribution in [0.4, 0.5) is 0 Å². The largest absolute Gasteiger partial charge is 0.364 e. The molecule has 2 aromatic carbocycles. The normalized spacial score (nSPS) is 11.1. The molecule has 0 bridgehead atoms. The summed E-state index contributed by atoms with van der Waals surface area (Å²) in [5.74, 6) is -0.519. The Hall–Kier alpha value is -3.21. The summed E-state index contributed by atoms with van der Waals surface area (Å²) in [5.41, 5.74) is 8.49. The quantitative estimate of drug-likeness (QED) is 0.594. The molecular weight excluding hydrogens is 276 g/mol. The summed E-state index contributed by atoms with van der Waals surface area (Å²) in [6.07, 6.45) is 3.54. The summed E-state index contributed by atoms with van der Waals surface area (Å²) in [6, 6.07) is 13.8. The smallest absolute Gasteiger partial charge is 0.267 e. The molecule has 0 unspecified atom stereocenters. The maximum absolute atomic E-state index is 11.6. The third-order valence-corrected chi connectivity index (χ3v) is 3.78. The molecule has 0 atom stereocenters. The number of hydrogen-bond acceptors (Lipinski definition) is 3. The zero-order valence-corrected chi connectivity index (χ0v) is 11.6. The van der Waals surface area contributed by atoms with Crippen molar-refractivity contribution in [2.45, 2.75) is 0 Å². The number of rotatable bonds is 2. The highest BCUT2D eigenvalue weighted by molar-refractivity contribution is 6.16. The van der Waals surface area contributed by atoms with E-state index in [-0.39, 0.29) is 0 Å². The molecular formula is C17H12N4O. The van der Waals surface area contributed by atoms with Crippen molar-refractivity contribution < 1.29 is 4.79 Å². The van der Waals surface area contributed by atoms with Gasteiger partial charge in [0.2, 0.25) is 0 Å². The molecule has 0 radical (unpaired) electrons. The molecule has 106 valence electrons. The molecule has 0 fully saturated rings. The number of fused-ring (bicyclic) bond motifs is 3. The first-order chi connectivity index (χ1) is 10.8. The van der Waals surface area contributed by atoms with Crippen molar-refractivity contribution in [1.82, 2.24) is 15.2 Å². The third-order valence-electron chi connectivity index (χ3n) is 3.78. The number of nitrogens with one attached hydrogen (secondary N) is 1. The lowest BCUT2D eigenvalue weighted by Crippen LogP contribution is -2.11. The first-order valence-corrected chi connectivity index (χ1v) is 6.86. The molecule has 22 heavy (non-hydrogen) atoms. The van der Waals surface area contributed by atoms with Gasteiger partial charge in [0.25, 0.3) is 5.91 Å². The molecule has 0 saturated heterocycles. The van der Waals surface area contributed by atoms with Crippen molar-refractivity contribution >= 4 is 27.6 Å². The van der Waals surface area contributed by atoms with Gasteiger partial charge in [0.1, 0.15) is 11.2 Å². The Bertz CT molecular complexity index is 1010. The zero-order valence-electron chi connectivity index (χ0n) is 11.6. The van der Waals surface area contributed by atoms with Gasteiger partial charge in [-0.1, -0.05) is 30.3 Å². The van der Waals surface area contributed by atoms with Gasteiger partial charge in [-0.3, -0.25) is 14.9 Å². The number of aromatic nitrogens is 3. The minimum absolute atomic E-state index is 0.325. The summed E-state index contributed by atoms with van der Waals surface area (Å²) in [7, 11) is 0. The Morgan fingerprint density at radius 3 is 2.59 bits per heavy atom. The number of benzene rings is 2. The number of pyridine rings is 1. The Labute approximate surface area is 125 Å². The summed E-state index contributed by atoms with van der Waals surface area (Å²) in [6.45, 7) is 0. The van der Waals surface area contributed by atoms with E-state index >= 15 is 0 Å². The van der Waals surface area contributed by atoms with Crippen molar-refractivity contribution in [3.63, 3.8) is 0 Å². The van der Waals surface area contributed by atoms with Crippen molar-refractivity contribution in [3.05, 3.63) is 60.6 Å². The summed E-state index contributed by atoms with van der Waals surface area (Å²) in [5, 5.41) is 9.77. The molecule has 2 aromatic heterocycles. The van der Waals surface area contributed by atoms with Crippen LogP contribution in [-0.4, -0.2) is 21.1 Å². The fourth-order valence-electron chi connectivity index (χ4n) is 2.79. The van der Waals surface area contributed by atoms with E-state index < -0.39 is 5.91 Å². The zero-order chi connectivity index (χ0) is 15.1. The SMILES string of the molecule is NC(=O)c1[nH]nc2c1cc(-c1cccnc1)c1ccccc12. The highest BCUT2D eigenvalue weighted by atomic mass is 16.1. The lowest BCUT2D eigenvalue weighted by Gasteiger charge is -2.08. The molecule has 5 nitrogen and oxygen atoms in total. The van der Waals surface area contributed by atoms with E-state index in [1.54, 1.807) is 12.4 Å². The van der Waals surface area contributed by atoms with Crippen LogP contribution in [0.25, 0.3) is 32.8 Å². The molecule has 4 aromatic rings. The van der Waals surface area contributed by atoms with E-state index in [2.05, 4.69) is 15.2 Å². The van der Waals surface area contributed by atoms with Crippen LogP contribution >= 0.6 is 0 Å². The fraction of sp³-hybridized carbons (Fsp3) is 0. The third kappa shape index (κ3) is 1.76. The van der Waals surface area contributed by atoms with Crippen LogP contribution in [0.1, 0.15) is 10.5 Å². The van der Waals surface area contributed by atoms with Gasteiger partial charge in [0.05, 0.1) is 0 Å². The predicted octanol–water partition coefficient (Wildman–Crippen LogP) is 2.88. The van der Waals surface area contributed by atoms with Gasteiger partial charge in [0.15, 0.2) is 0 Å². The summed E-state index contributed by atoms with van der Waals surface area (Å²) in [4.78, 5) is 15.8. The number of carbonyl (C=O) groups is 1. The Morgan fingerprint density at radius 1 is 1.05 bits per heavy atom. The number of aromatic amines is 1. The molecule has 2 heterocycles. The van der Waals surface area contributed by atoms with Gasteiger partial charge < -0.3 is 5.73 Å². The van der Waals surface area contributed by atoms with Crippen LogP contribution in [0.2, 0.25) is 0 Å². The standard InChI is InChI=1S/C17H12N4O/c18-17(22)16-14-8-13(10-4-3-7-19-9-10)11-5-1-2-6-12(11)15(14)20-21-16/h1-9H,(H2,18,22)(H,20,21). The minimum atomic E-state index is -0.519. The van der Waals surface area contributed by atoms with Gasteiger partial charge in [-0.25, -0.2) is 0 Å². The molecule has 3 N–H and O–H groups in total. The number of H-pyrrole nitrogens is 1. The van der Waals surface area contributed by atoms with Crippen molar-refractivity contribution in [1.29, 1.82) is 0 Å². The molecule has 0 saturated carbocycles. The number of amides is 1.